The van der Waals surface area contributed by atoms with Gasteiger partial charge in [0.15, 0.2) is 5.71 Å². The van der Waals surface area contributed by atoms with Gasteiger partial charge in [-0.05, 0) is 81.9 Å². The van der Waals surface area contributed by atoms with E-state index in [2.05, 4.69) is 6.08 Å². The summed E-state index contributed by atoms with van der Waals surface area (Å²) in [6.07, 6.45) is 9.40. The zero-order valence-electron chi connectivity index (χ0n) is 46.5. The van der Waals surface area contributed by atoms with Crippen molar-refractivity contribution in [3.63, 3.8) is 0 Å². The normalized spacial score (nSPS) is 18.2. The van der Waals surface area contributed by atoms with Crippen molar-refractivity contribution in [1.29, 1.82) is 0 Å². The first kappa shape index (κ1) is 67.9. The van der Waals surface area contributed by atoms with Crippen LogP contribution >= 0.6 is 0 Å². The minimum absolute atomic E-state index is 0. The summed E-state index contributed by atoms with van der Waals surface area (Å²) in [5, 5.41) is 0.444. The summed E-state index contributed by atoms with van der Waals surface area (Å²) in [6.45, 7) is 8.72. The van der Waals surface area contributed by atoms with Crippen LogP contribution < -0.4 is 68.8 Å². The Bertz CT molecular complexity index is 3280. The largest absolute Gasteiger partial charge is 1.00 e. The Hall–Kier alpha value is -3.93. The molecule has 81 heavy (non-hydrogen) atoms. The van der Waals surface area contributed by atoms with Gasteiger partial charge < -0.3 is 47.1 Å². The third-order valence-corrected chi connectivity index (χ3v) is 16.3. The maximum absolute atomic E-state index is 13.1. The predicted molar refractivity (Wildman–Crippen MR) is 288 cm³/mol. The zero-order chi connectivity index (χ0) is 57.2. The van der Waals surface area contributed by atoms with Gasteiger partial charge in [-0.2, -0.15) is 4.58 Å². The Kier molecular flexibility index (Phi) is 24.9. The summed E-state index contributed by atoms with van der Waals surface area (Å²) >= 11 is 0. The van der Waals surface area contributed by atoms with Gasteiger partial charge in [0.1, 0.15) is 28.2 Å². The molecule has 0 aromatic heterocycles. The average Bonchev–Trinajstić information content (AvgIpc) is 3.92. The summed E-state index contributed by atoms with van der Waals surface area (Å²) in [4.78, 5) is 44.1. The number of hydrogen-bond donors (Lipinski definition) is 0. The summed E-state index contributed by atoms with van der Waals surface area (Å²) in [5.74, 6) is -2.50. The molecule has 1 fully saturated rings. The van der Waals surface area contributed by atoms with Crippen molar-refractivity contribution in [3.8, 4) is 5.75 Å². The molecule has 26 heteroatoms. The Balaban J connectivity index is 0.00000602. The first-order chi connectivity index (χ1) is 37.4. The van der Waals surface area contributed by atoms with Crippen LogP contribution in [0.15, 0.2) is 95.9 Å². The van der Waals surface area contributed by atoms with Crippen LogP contribution in [0, 0.1) is 0 Å². The van der Waals surface area contributed by atoms with Gasteiger partial charge in [0.25, 0.3) is 11.8 Å². The number of rotatable bonds is 29. The van der Waals surface area contributed by atoms with E-state index in [0.29, 0.717) is 97.3 Å². The molecule has 0 aliphatic carbocycles. The van der Waals surface area contributed by atoms with Gasteiger partial charge in [0.2, 0.25) is 5.69 Å². The number of imide groups is 1. The fourth-order valence-corrected chi connectivity index (χ4v) is 11.6. The molecule has 21 nitrogen and oxygen atoms in total. The van der Waals surface area contributed by atoms with Crippen LogP contribution in [0.2, 0.25) is 0 Å². The molecule has 3 aromatic carbocycles. The molecule has 1 unspecified atom stereocenters. The van der Waals surface area contributed by atoms with Gasteiger partial charge in [-0.25, -0.2) is 30.0 Å². The molecule has 0 saturated carbocycles. The van der Waals surface area contributed by atoms with Crippen LogP contribution in [-0.2, 0) is 73.9 Å². The van der Waals surface area contributed by atoms with E-state index in [1.54, 1.807) is 30.8 Å². The fraction of sp³-hybridized carbons (Fsp3) is 0.455. The third kappa shape index (κ3) is 18.3. The van der Waals surface area contributed by atoms with E-state index in [-0.39, 0.29) is 117 Å². The number of allylic oxidation sites excluding steroid dienone is 5. The second-order valence-corrected chi connectivity index (χ2v) is 24.4. The Morgan fingerprint density at radius 1 is 0.778 bits per heavy atom. The zero-order valence-corrected chi connectivity index (χ0v) is 53.0. The van der Waals surface area contributed by atoms with E-state index in [4.69, 9.17) is 28.5 Å². The van der Waals surface area contributed by atoms with Crippen molar-refractivity contribution >= 4 is 82.1 Å². The maximum atomic E-state index is 13.1. The molecule has 0 radical (unpaired) electrons. The molecule has 4 aliphatic heterocycles. The first-order valence-electron chi connectivity index (χ1n) is 25.8. The number of amides is 2. The molecule has 7 rings (SSSR count). The van der Waals surface area contributed by atoms with E-state index in [0.717, 1.165) is 28.5 Å². The van der Waals surface area contributed by atoms with Crippen molar-refractivity contribution in [3.05, 3.63) is 113 Å². The Labute approximate surface area is 518 Å². The Morgan fingerprint density at radius 3 is 2.04 bits per heavy atom. The van der Waals surface area contributed by atoms with E-state index >= 15 is 0 Å². The van der Waals surface area contributed by atoms with Gasteiger partial charge in [-0.3, -0.25) is 9.59 Å². The molecule has 4 aliphatic rings. The van der Waals surface area contributed by atoms with Crippen molar-refractivity contribution in [2.45, 2.75) is 88.0 Å². The second-order valence-electron chi connectivity index (χ2n) is 20.0. The number of ether oxygens (including phenoxy) is 5. The third-order valence-electron chi connectivity index (χ3n) is 13.9. The SMILES string of the molecule is COCCOCCOCCOCCC1=CC(C)(C)N(CCCS(=O)(=O)[O-])c2cc3c(cc21)C(=CC=CC1=[N+](CCCS(=O)(=O)[O-])c2ccc(S(=O)(=O)[O-])cc2C1(C)CCCC(=O)ON1C(=O)CCC1=O)C=C(c1ccccc1)O3.[Na+].[Na+]. The number of hydrogen-bond acceptors (Lipinski definition) is 19. The van der Waals surface area contributed by atoms with Crippen LogP contribution in [0.4, 0.5) is 11.4 Å². The molecule has 1 saturated heterocycles. The van der Waals surface area contributed by atoms with Crippen molar-refractivity contribution < 1.29 is 146 Å². The quantitative estimate of drug-likeness (QED) is 0.0285. The molecule has 0 bridgehead atoms. The molecule has 4 heterocycles. The summed E-state index contributed by atoms with van der Waals surface area (Å²) in [5.41, 5.74) is 3.99. The molecule has 0 N–H and O–H groups in total. The first-order valence-corrected chi connectivity index (χ1v) is 30.4. The van der Waals surface area contributed by atoms with Crippen LogP contribution in [0.25, 0.3) is 16.9 Å². The fourth-order valence-electron chi connectivity index (χ4n) is 10.1. The van der Waals surface area contributed by atoms with Crippen LogP contribution in [-0.4, -0.2) is 156 Å². The second kappa shape index (κ2) is 29.7. The van der Waals surface area contributed by atoms with Gasteiger partial charge in [0.05, 0.1) is 82.3 Å². The number of carbonyl (C=O) groups excluding carboxylic acids is 3. The number of anilines is 1. The monoisotopic (exact) mass is 1200 g/mol. The van der Waals surface area contributed by atoms with Gasteiger partial charge in [0, 0.05) is 97.0 Å². The van der Waals surface area contributed by atoms with Gasteiger partial charge >= 0.3 is 65.1 Å². The number of benzene rings is 3. The molecule has 428 valence electrons. The van der Waals surface area contributed by atoms with Crippen molar-refractivity contribution in [2.75, 3.05) is 82.9 Å². The van der Waals surface area contributed by atoms with E-state index in [9.17, 15) is 53.3 Å². The average molecular weight is 1200 g/mol. The van der Waals surface area contributed by atoms with E-state index in [1.165, 1.54) is 12.1 Å². The number of nitrogens with zero attached hydrogens (tertiary/aromatic N) is 3. The predicted octanol–water partition coefficient (Wildman–Crippen LogP) is -0.255. The minimum Gasteiger partial charge on any atom is -0.748 e. The van der Waals surface area contributed by atoms with Crippen molar-refractivity contribution in [2.24, 2.45) is 0 Å². The number of methoxy groups -OCH3 is 1. The van der Waals surface area contributed by atoms with E-state index in [1.807, 2.05) is 73.4 Å². The summed E-state index contributed by atoms with van der Waals surface area (Å²) < 4.78 is 139. The number of carbonyl (C=O) groups is 3. The Morgan fingerprint density at radius 2 is 1.41 bits per heavy atom. The summed E-state index contributed by atoms with van der Waals surface area (Å²) in [6, 6.07) is 17.1. The number of fused-ring (bicyclic) bond motifs is 3. The smallest absolute Gasteiger partial charge is 0.748 e. The van der Waals surface area contributed by atoms with Crippen LogP contribution in [0.5, 0.6) is 5.75 Å². The van der Waals surface area contributed by atoms with Gasteiger partial charge in [-0.1, -0.05) is 48.6 Å². The molecule has 2 amide bonds. The van der Waals surface area contributed by atoms with Crippen molar-refractivity contribution in [1.82, 2.24) is 5.06 Å². The molecule has 1 atom stereocenters. The van der Waals surface area contributed by atoms with E-state index < -0.39 is 75.5 Å². The van der Waals surface area contributed by atoms with Gasteiger partial charge in [-0.15, -0.1) is 5.06 Å². The van der Waals surface area contributed by atoms with Crippen LogP contribution in [0.3, 0.4) is 0 Å². The van der Waals surface area contributed by atoms with Crippen LogP contribution in [0.1, 0.15) is 94.4 Å². The minimum atomic E-state index is -4.99. The summed E-state index contributed by atoms with van der Waals surface area (Å²) in [7, 11) is -12.6. The standard InChI is InChI=1S/C55H67N3O18S3.2Na/c1-54(2)38-41(21-25-72-28-29-74-31-30-73-27-26-71-4)43-36-44-40(34-48(39-12-6-5-7-13-39)75-49(44)37-47(43)57(54)24-11-33-78(65,66)67)14-8-15-50-55(3,22-9-16-53(61)76-58-51(59)19-20-52(58)60)45-35-42(79(68,69)70)17-18-46(45)56(50)23-10-32-77(62,63)64;;/h5-8,12-15,17-18,34-38H,9-11,16,19-33H2,1-4H3,(H2-,62,63,64,65,66,67,68,69,70);;/q;2*+1/p-2. The maximum Gasteiger partial charge on any atom is 1.00 e. The molecule has 3 aromatic rings. The topological polar surface area (TPSA) is 288 Å². The molecular weight excluding hydrogens is 1130 g/mol. The molecular formula is C55H65N3Na2O18S3. The molecule has 0 spiro atoms. The number of hydroxylamine groups is 2.